The van der Waals surface area contributed by atoms with Crippen LogP contribution in [0.5, 0.6) is 0 Å². The number of halogens is 3. The summed E-state index contributed by atoms with van der Waals surface area (Å²) in [5, 5.41) is 8.45. The Kier molecular flexibility index (Phi) is 5.58. The quantitative estimate of drug-likeness (QED) is 0.712. The van der Waals surface area contributed by atoms with Crippen molar-refractivity contribution in [3.05, 3.63) is 0 Å². The molecule has 2 unspecified atom stereocenters. The van der Waals surface area contributed by atoms with E-state index in [9.17, 15) is 17.7 Å². The molecule has 17 heavy (non-hydrogen) atoms. The summed E-state index contributed by atoms with van der Waals surface area (Å²) in [6.45, 7) is 1.96. The van der Waals surface area contributed by atoms with Crippen LogP contribution in [0.1, 0.15) is 27.7 Å². The summed E-state index contributed by atoms with van der Waals surface area (Å²) >= 11 is 0.842. The van der Waals surface area contributed by atoms with Gasteiger partial charge >= 0.3 is 6.18 Å². The van der Waals surface area contributed by atoms with Crippen molar-refractivity contribution >= 4 is 18.0 Å². The molecule has 100 valence electrons. The van der Waals surface area contributed by atoms with Crippen LogP contribution in [0.25, 0.3) is 0 Å². The summed E-state index contributed by atoms with van der Waals surface area (Å²) < 4.78 is 54.6. The Labute approximate surface area is 103 Å². The first kappa shape index (κ1) is 16.8. The highest BCUT2D eigenvalue weighted by Crippen LogP contribution is 2.64. The number of rotatable bonds is 5. The van der Waals surface area contributed by atoms with Gasteiger partial charge in [0.25, 0.3) is 12.2 Å². The van der Waals surface area contributed by atoms with Crippen LogP contribution >= 0.6 is 18.0 Å². The van der Waals surface area contributed by atoms with Crippen LogP contribution in [0.4, 0.5) is 13.2 Å². The summed E-state index contributed by atoms with van der Waals surface area (Å²) in [5.74, 6) is 0. The van der Waals surface area contributed by atoms with E-state index in [-0.39, 0.29) is 11.4 Å². The second-order valence-corrected chi connectivity index (χ2v) is 9.31. The molecule has 0 bridgehead atoms. The average molecular weight is 289 g/mol. The fourth-order valence-electron chi connectivity index (χ4n) is 0.896. The topological polar surface area (TPSA) is 50.1 Å². The lowest BCUT2D eigenvalue weighted by molar-refractivity contribution is -0.218. The average Bonchev–Trinajstić information content (AvgIpc) is 2.14. The largest absolute Gasteiger partial charge is 0.431 e. The van der Waals surface area contributed by atoms with E-state index in [1.54, 1.807) is 13.8 Å². The van der Waals surface area contributed by atoms with Crippen LogP contribution in [-0.4, -0.2) is 23.2 Å². The van der Waals surface area contributed by atoms with Crippen molar-refractivity contribution in [3.63, 3.8) is 0 Å². The Bertz CT molecular complexity index is 353. The molecule has 0 spiro atoms. The summed E-state index contributed by atoms with van der Waals surface area (Å²) in [5.41, 5.74) is -3.03. The first-order valence-corrected chi connectivity index (χ1v) is 8.25. The van der Waals surface area contributed by atoms with E-state index >= 15 is 0 Å². The molecule has 0 heterocycles. The highest BCUT2D eigenvalue weighted by atomic mass is 32.7. The van der Waals surface area contributed by atoms with Crippen LogP contribution in [-0.2, 0) is 9.09 Å². The van der Waals surface area contributed by atoms with Crippen molar-refractivity contribution in [2.24, 2.45) is 0 Å². The lowest BCUT2D eigenvalue weighted by Crippen LogP contribution is -2.42. The fourth-order valence-corrected chi connectivity index (χ4v) is 5.51. The van der Waals surface area contributed by atoms with Gasteiger partial charge in [-0.3, -0.25) is 9.09 Å². The number of alkyl halides is 3. The zero-order valence-electron chi connectivity index (χ0n) is 10.0. The maximum atomic E-state index is 12.6. The van der Waals surface area contributed by atoms with Crippen molar-refractivity contribution in [1.29, 1.82) is 5.26 Å². The Morgan fingerprint density at radius 3 is 2.18 bits per heavy atom. The molecule has 0 aromatic rings. The van der Waals surface area contributed by atoms with E-state index in [2.05, 4.69) is 4.52 Å². The normalized spacial score (nSPS) is 19.5. The second-order valence-electron chi connectivity index (χ2n) is 3.82. The third-order valence-electron chi connectivity index (χ3n) is 1.83. The van der Waals surface area contributed by atoms with Crippen molar-refractivity contribution < 1.29 is 22.3 Å². The zero-order chi connectivity index (χ0) is 13.9. The molecule has 0 rings (SSSR count). The minimum atomic E-state index is -4.87. The smallest absolute Gasteiger partial charge is 0.289 e. The third kappa shape index (κ3) is 4.53. The van der Waals surface area contributed by atoms with Gasteiger partial charge in [0.1, 0.15) is 6.07 Å². The number of hydrogen-bond acceptors (Lipinski definition) is 4. The summed E-state index contributed by atoms with van der Waals surface area (Å²) in [6, 6.07) is 1.05. The van der Waals surface area contributed by atoms with E-state index in [0.29, 0.717) is 6.92 Å². The van der Waals surface area contributed by atoms with Gasteiger partial charge < -0.3 is 0 Å². The van der Waals surface area contributed by atoms with Crippen LogP contribution in [0.3, 0.4) is 0 Å². The standard InChI is InChI=1S/C9H15F3NO2PS/c1-5-16(14,17-7(2)3)15-8(4,6-13)9(10,11)12/h7H,5H2,1-4H3. The highest BCUT2D eigenvalue weighted by molar-refractivity contribution is 8.56. The maximum Gasteiger partial charge on any atom is 0.431 e. The van der Waals surface area contributed by atoms with Gasteiger partial charge in [-0.1, -0.05) is 32.2 Å². The molecule has 0 N–H and O–H groups in total. The van der Waals surface area contributed by atoms with Crippen LogP contribution in [0.2, 0.25) is 0 Å². The molecule has 0 aromatic carbocycles. The Hall–Kier alpha value is -0.180. The molecular weight excluding hydrogens is 274 g/mol. The highest BCUT2D eigenvalue weighted by Gasteiger charge is 2.56. The van der Waals surface area contributed by atoms with E-state index < -0.39 is 18.3 Å². The first-order chi connectivity index (χ1) is 7.49. The molecule has 0 fully saturated rings. The molecule has 0 aliphatic rings. The van der Waals surface area contributed by atoms with E-state index in [1.807, 2.05) is 0 Å². The van der Waals surface area contributed by atoms with Crippen molar-refractivity contribution in [3.8, 4) is 6.07 Å². The van der Waals surface area contributed by atoms with Crippen molar-refractivity contribution in [1.82, 2.24) is 0 Å². The Morgan fingerprint density at radius 2 is 1.94 bits per heavy atom. The van der Waals surface area contributed by atoms with Gasteiger partial charge in [-0.2, -0.15) is 18.4 Å². The van der Waals surface area contributed by atoms with Gasteiger partial charge in [0.2, 0.25) is 0 Å². The van der Waals surface area contributed by atoms with E-state index in [1.165, 1.54) is 6.92 Å². The van der Waals surface area contributed by atoms with Gasteiger partial charge in [0.15, 0.2) is 0 Å². The monoisotopic (exact) mass is 289 g/mol. The van der Waals surface area contributed by atoms with Crippen molar-refractivity contribution in [2.75, 3.05) is 6.16 Å². The SMILES string of the molecule is CCP(=O)(OC(C)(C#N)C(F)(F)F)SC(C)C. The third-order valence-corrected chi connectivity index (χ3v) is 7.22. The predicted octanol–water partition coefficient (Wildman–Crippen LogP) is 4.20. The van der Waals surface area contributed by atoms with Crippen LogP contribution in [0.15, 0.2) is 0 Å². The zero-order valence-corrected chi connectivity index (χ0v) is 11.7. The molecule has 0 radical (unpaired) electrons. The summed E-state index contributed by atoms with van der Waals surface area (Å²) in [6.07, 6.45) is -4.92. The molecule has 3 nitrogen and oxygen atoms in total. The minimum Gasteiger partial charge on any atom is -0.289 e. The van der Waals surface area contributed by atoms with Crippen molar-refractivity contribution in [2.45, 2.75) is 44.7 Å². The Morgan fingerprint density at radius 1 is 1.47 bits per heavy atom. The number of hydrogen-bond donors (Lipinski definition) is 0. The molecule has 0 aliphatic heterocycles. The number of nitrogens with zero attached hydrogens (tertiary/aromatic N) is 1. The molecule has 0 aliphatic carbocycles. The van der Waals surface area contributed by atoms with E-state index in [0.717, 1.165) is 17.5 Å². The van der Waals surface area contributed by atoms with Gasteiger partial charge in [-0.05, 0) is 6.92 Å². The fraction of sp³-hybridized carbons (Fsp3) is 0.889. The van der Waals surface area contributed by atoms with Crippen LogP contribution in [0, 0.1) is 11.3 Å². The predicted molar refractivity (Wildman–Crippen MR) is 62.0 cm³/mol. The summed E-state index contributed by atoms with van der Waals surface area (Å²) in [4.78, 5) is 0. The second kappa shape index (κ2) is 5.64. The lowest BCUT2D eigenvalue weighted by atomic mass is 10.1. The molecule has 0 amide bonds. The van der Waals surface area contributed by atoms with Gasteiger partial charge in [-0.15, -0.1) is 0 Å². The van der Waals surface area contributed by atoms with Gasteiger partial charge in [-0.25, -0.2) is 0 Å². The van der Waals surface area contributed by atoms with Crippen LogP contribution < -0.4 is 0 Å². The maximum absolute atomic E-state index is 12.6. The van der Waals surface area contributed by atoms with Gasteiger partial charge in [0.05, 0.1) is 0 Å². The molecule has 2 atom stereocenters. The molecule has 0 saturated carbocycles. The number of nitriles is 1. The molecule has 0 saturated heterocycles. The Balaban J connectivity index is 5.14. The minimum absolute atomic E-state index is 0.0524. The molecule has 0 aromatic heterocycles. The van der Waals surface area contributed by atoms with E-state index in [4.69, 9.17) is 5.26 Å². The lowest BCUT2D eigenvalue weighted by Gasteiger charge is -2.29. The molecular formula is C9H15F3NO2PS. The first-order valence-electron chi connectivity index (χ1n) is 4.96. The summed E-state index contributed by atoms with van der Waals surface area (Å²) in [7, 11) is 0. The molecule has 8 heteroatoms. The van der Waals surface area contributed by atoms with Gasteiger partial charge in [0, 0.05) is 11.4 Å².